The zero-order valence-electron chi connectivity index (χ0n) is 8.52. The topological polar surface area (TPSA) is 43.4 Å². The fourth-order valence-electron chi connectivity index (χ4n) is 0.988. The van der Waals surface area contributed by atoms with Crippen LogP contribution in [0.3, 0.4) is 0 Å². The van der Waals surface area contributed by atoms with Gasteiger partial charge in [-0.1, -0.05) is 22.5 Å². The first-order valence-electron chi connectivity index (χ1n) is 4.55. The average molecular weight is 303 g/mol. The molecular formula is C11H11BrO3S. The monoisotopic (exact) mass is 302 g/mol. The Morgan fingerprint density at radius 3 is 2.56 bits per heavy atom. The molecule has 1 aromatic carbocycles. The average Bonchev–Trinajstić information content (AvgIpc) is 2.25. The Hall–Kier alpha value is -0.870. The molecule has 1 rings (SSSR count). The van der Waals surface area contributed by atoms with Gasteiger partial charge in [-0.3, -0.25) is 4.18 Å². The van der Waals surface area contributed by atoms with E-state index in [1.54, 1.807) is 18.2 Å². The van der Waals surface area contributed by atoms with Crippen molar-refractivity contribution >= 4 is 26.0 Å². The molecule has 86 valence electrons. The van der Waals surface area contributed by atoms with Gasteiger partial charge in [0.15, 0.2) is 0 Å². The smallest absolute Gasteiger partial charge is 0.266 e. The van der Waals surface area contributed by atoms with Crippen molar-refractivity contribution in [2.24, 2.45) is 0 Å². The molecule has 0 aliphatic carbocycles. The summed E-state index contributed by atoms with van der Waals surface area (Å²) in [5.74, 6) is 0. The molecule has 0 aromatic heterocycles. The number of benzene rings is 1. The largest absolute Gasteiger partial charge is 0.296 e. The maximum atomic E-state index is 11.6. The highest BCUT2D eigenvalue weighted by molar-refractivity contribution is 9.10. The zero-order chi connectivity index (χ0) is 12.0. The highest BCUT2D eigenvalue weighted by Crippen LogP contribution is 2.16. The van der Waals surface area contributed by atoms with Gasteiger partial charge in [-0.05, 0) is 36.8 Å². The van der Waals surface area contributed by atoms with Crippen molar-refractivity contribution in [3.8, 4) is 0 Å². The summed E-state index contributed by atoms with van der Waals surface area (Å²) in [5, 5.41) is 0. The van der Waals surface area contributed by atoms with Crippen molar-refractivity contribution in [1.29, 1.82) is 0 Å². The highest BCUT2D eigenvalue weighted by Gasteiger charge is 2.13. The van der Waals surface area contributed by atoms with Crippen LogP contribution >= 0.6 is 15.9 Å². The third-order valence-corrected chi connectivity index (χ3v) is 3.60. The molecule has 0 fully saturated rings. The minimum absolute atomic E-state index is 0.0981. The lowest BCUT2D eigenvalue weighted by atomic mass is 10.4. The van der Waals surface area contributed by atoms with E-state index in [0.717, 1.165) is 4.47 Å². The van der Waals surface area contributed by atoms with Crippen LogP contribution in [0.5, 0.6) is 0 Å². The number of halogens is 1. The number of hydrogen-bond acceptors (Lipinski definition) is 3. The van der Waals surface area contributed by atoms with Gasteiger partial charge < -0.3 is 0 Å². The number of hydrogen-bond donors (Lipinski definition) is 0. The molecular weight excluding hydrogens is 292 g/mol. The van der Waals surface area contributed by atoms with Gasteiger partial charge in [-0.25, -0.2) is 0 Å². The lowest BCUT2D eigenvalue weighted by molar-refractivity contribution is 0.325. The molecule has 0 saturated carbocycles. The molecule has 0 unspecified atom stereocenters. The molecule has 0 atom stereocenters. The van der Waals surface area contributed by atoms with Gasteiger partial charge in [-0.2, -0.15) is 8.42 Å². The quantitative estimate of drug-likeness (QED) is 0.477. The first kappa shape index (κ1) is 13.2. The molecule has 1 aromatic rings. The van der Waals surface area contributed by atoms with E-state index in [-0.39, 0.29) is 11.5 Å². The Morgan fingerprint density at radius 2 is 2.00 bits per heavy atom. The summed E-state index contributed by atoms with van der Waals surface area (Å²) in [5.41, 5.74) is 2.55. The molecule has 0 aliphatic heterocycles. The Kier molecular flexibility index (Phi) is 4.96. The third kappa shape index (κ3) is 3.94. The molecule has 0 N–H and O–H groups in total. The van der Waals surface area contributed by atoms with E-state index in [1.807, 2.05) is 0 Å². The molecule has 0 radical (unpaired) electrons. The van der Waals surface area contributed by atoms with Gasteiger partial charge in [0.1, 0.15) is 0 Å². The summed E-state index contributed by atoms with van der Waals surface area (Å²) in [6, 6.07) is 6.28. The Balaban J connectivity index is 2.70. The molecule has 0 saturated heterocycles. The van der Waals surface area contributed by atoms with Gasteiger partial charge >= 0.3 is 0 Å². The second kappa shape index (κ2) is 6.01. The van der Waals surface area contributed by atoms with Crippen molar-refractivity contribution in [2.75, 3.05) is 6.61 Å². The second-order valence-electron chi connectivity index (χ2n) is 2.93. The SMILES string of the molecule is C=C=CCCOS(=O)(=O)c1ccc(Br)cc1. The van der Waals surface area contributed by atoms with E-state index in [0.29, 0.717) is 6.42 Å². The molecule has 16 heavy (non-hydrogen) atoms. The van der Waals surface area contributed by atoms with Crippen LogP contribution in [0.15, 0.2) is 52.0 Å². The minimum atomic E-state index is -3.65. The van der Waals surface area contributed by atoms with Crippen molar-refractivity contribution in [1.82, 2.24) is 0 Å². The van der Waals surface area contributed by atoms with E-state index in [4.69, 9.17) is 4.18 Å². The Labute approximate surface area is 104 Å². The van der Waals surface area contributed by atoms with E-state index < -0.39 is 10.1 Å². The van der Waals surface area contributed by atoms with Crippen molar-refractivity contribution in [3.63, 3.8) is 0 Å². The van der Waals surface area contributed by atoms with E-state index in [2.05, 4.69) is 28.2 Å². The van der Waals surface area contributed by atoms with Gasteiger partial charge in [0, 0.05) is 4.47 Å². The Bertz CT molecular complexity index is 484. The maximum Gasteiger partial charge on any atom is 0.296 e. The maximum absolute atomic E-state index is 11.6. The summed E-state index contributed by atoms with van der Waals surface area (Å²) in [7, 11) is -3.65. The molecule has 0 bridgehead atoms. The standard InChI is InChI=1S/C11H11BrO3S/c1-2-3-4-9-15-16(13,14)11-7-5-10(12)6-8-11/h3,5-8H,1,4,9H2. The van der Waals surface area contributed by atoms with E-state index >= 15 is 0 Å². The summed E-state index contributed by atoms with van der Waals surface area (Å²) in [6.07, 6.45) is 2.09. The van der Waals surface area contributed by atoms with Gasteiger partial charge in [0.25, 0.3) is 10.1 Å². The van der Waals surface area contributed by atoms with Crippen LogP contribution in [0.4, 0.5) is 0 Å². The molecule has 0 aliphatic rings. The van der Waals surface area contributed by atoms with Crippen molar-refractivity contribution < 1.29 is 12.6 Å². The summed E-state index contributed by atoms with van der Waals surface area (Å²) >= 11 is 3.23. The fourth-order valence-corrected chi connectivity index (χ4v) is 2.17. The molecule has 0 amide bonds. The first-order chi connectivity index (χ1) is 7.56. The fraction of sp³-hybridized carbons (Fsp3) is 0.182. The summed E-state index contributed by atoms with van der Waals surface area (Å²) in [4.78, 5) is 0.151. The van der Waals surface area contributed by atoms with Crippen molar-refractivity contribution in [3.05, 3.63) is 47.1 Å². The normalized spacial score (nSPS) is 10.8. The zero-order valence-corrected chi connectivity index (χ0v) is 10.9. The van der Waals surface area contributed by atoms with Gasteiger partial charge in [-0.15, -0.1) is 5.73 Å². The third-order valence-electron chi connectivity index (χ3n) is 1.75. The highest BCUT2D eigenvalue weighted by atomic mass is 79.9. The summed E-state index contributed by atoms with van der Waals surface area (Å²) < 4.78 is 28.9. The van der Waals surface area contributed by atoms with Crippen LogP contribution in [0.2, 0.25) is 0 Å². The number of rotatable bonds is 5. The lowest BCUT2D eigenvalue weighted by Gasteiger charge is -2.03. The van der Waals surface area contributed by atoms with Crippen LogP contribution < -0.4 is 0 Å². The van der Waals surface area contributed by atoms with Gasteiger partial charge in [0.05, 0.1) is 11.5 Å². The van der Waals surface area contributed by atoms with Crippen LogP contribution in [0, 0.1) is 0 Å². The van der Waals surface area contributed by atoms with E-state index in [1.165, 1.54) is 12.1 Å². The molecule has 5 heteroatoms. The minimum Gasteiger partial charge on any atom is -0.266 e. The summed E-state index contributed by atoms with van der Waals surface area (Å²) in [6.45, 7) is 3.47. The van der Waals surface area contributed by atoms with Crippen LogP contribution in [0.25, 0.3) is 0 Å². The first-order valence-corrected chi connectivity index (χ1v) is 6.75. The molecule has 0 heterocycles. The van der Waals surface area contributed by atoms with E-state index in [9.17, 15) is 8.42 Å². The lowest BCUT2D eigenvalue weighted by Crippen LogP contribution is -2.06. The predicted molar refractivity (Wildman–Crippen MR) is 65.6 cm³/mol. The van der Waals surface area contributed by atoms with Crippen LogP contribution in [-0.2, 0) is 14.3 Å². The van der Waals surface area contributed by atoms with Crippen LogP contribution in [0.1, 0.15) is 6.42 Å². The molecule has 3 nitrogen and oxygen atoms in total. The van der Waals surface area contributed by atoms with Crippen LogP contribution in [-0.4, -0.2) is 15.0 Å². The molecule has 0 spiro atoms. The second-order valence-corrected chi connectivity index (χ2v) is 5.46. The van der Waals surface area contributed by atoms with Crippen molar-refractivity contribution in [2.45, 2.75) is 11.3 Å². The predicted octanol–water partition coefficient (Wildman–Crippen LogP) is 2.89. The Morgan fingerprint density at radius 1 is 1.38 bits per heavy atom. The van der Waals surface area contributed by atoms with Gasteiger partial charge in [0.2, 0.25) is 0 Å².